The van der Waals surface area contributed by atoms with Crippen molar-refractivity contribution in [1.82, 2.24) is 10.2 Å². The number of Topliss-reactive ketones (excluding diaryl/α,β-unsaturated/α-hetero) is 1. The summed E-state index contributed by atoms with van der Waals surface area (Å²) in [6, 6.07) is 14.4. The molecule has 0 aliphatic heterocycles. The highest BCUT2D eigenvalue weighted by molar-refractivity contribution is 6.00. The Morgan fingerprint density at radius 1 is 1.11 bits per heavy atom. The van der Waals surface area contributed by atoms with Crippen molar-refractivity contribution in [3.05, 3.63) is 71.7 Å². The summed E-state index contributed by atoms with van der Waals surface area (Å²) < 4.78 is 19.0. The Morgan fingerprint density at radius 2 is 1.86 bits per heavy atom. The number of H-pyrrole nitrogens is 1. The van der Waals surface area contributed by atoms with Crippen molar-refractivity contribution in [3.63, 3.8) is 0 Å². The summed E-state index contributed by atoms with van der Waals surface area (Å²) in [4.78, 5) is 35.2. The first-order valence-corrected chi connectivity index (χ1v) is 8.32. The van der Waals surface area contributed by atoms with Crippen LogP contribution in [0.4, 0.5) is 10.1 Å². The van der Waals surface area contributed by atoms with Gasteiger partial charge < -0.3 is 10.1 Å². The van der Waals surface area contributed by atoms with Gasteiger partial charge in [0, 0.05) is 18.2 Å². The summed E-state index contributed by atoms with van der Waals surface area (Å²) >= 11 is 0. The standard InChI is InChI=1S/C20H16FN3O4/c1-12(25)22-14-7-8-15(16(21)9-14)19(26)11-28-20(27)18-10-17(23-24-18)13-5-3-2-4-6-13/h2-10H,11H2,1H3,(H,22,25)(H,23,24). The number of anilines is 1. The number of nitrogens with zero attached hydrogens (tertiary/aromatic N) is 1. The van der Waals surface area contributed by atoms with Gasteiger partial charge in [-0.1, -0.05) is 30.3 Å². The molecular weight excluding hydrogens is 365 g/mol. The molecule has 7 nitrogen and oxygen atoms in total. The molecule has 2 aromatic carbocycles. The maximum atomic E-state index is 14.1. The van der Waals surface area contributed by atoms with E-state index in [9.17, 15) is 18.8 Å². The van der Waals surface area contributed by atoms with E-state index in [1.165, 1.54) is 25.1 Å². The van der Waals surface area contributed by atoms with E-state index in [4.69, 9.17) is 4.74 Å². The lowest BCUT2D eigenvalue weighted by atomic mass is 10.1. The molecule has 0 atom stereocenters. The summed E-state index contributed by atoms with van der Waals surface area (Å²) in [5.74, 6) is -2.66. The number of halogens is 1. The first-order valence-electron chi connectivity index (χ1n) is 8.32. The van der Waals surface area contributed by atoms with Crippen LogP contribution >= 0.6 is 0 Å². The molecule has 28 heavy (non-hydrogen) atoms. The van der Waals surface area contributed by atoms with Gasteiger partial charge in [0.1, 0.15) is 11.5 Å². The van der Waals surface area contributed by atoms with Crippen molar-refractivity contribution < 1.29 is 23.5 Å². The number of aromatic nitrogens is 2. The molecule has 0 bridgehead atoms. The van der Waals surface area contributed by atoms with E-state index in [0.717, 1.165) is 11.6 Å². The minimum absolute atomic E-state index is 0.0770. The molecule has 8 heteroatoms. The van der Waals surface area contributed by atoms with Gasteiger partial charge in [-0.25, -0.2) is 9.18 Å². The van der Waals surface area contributed by atoms with Gasteiger partial charge in [0.25, 0.3) is 0 Å². The predicted octanol–water partition coefficient (Wildman–Crippen LogP) is 3.21. The number of esters is 1. The zero-order chi connectivity index (χ0) is 20.1. The van der Waals surface area contributed by atoms with Crippen LogP contribution in [0.2, 0.25) is 0 Å². The van der Waals surface area contributed by atoms with Crippen LogP contribution < -0.4 is 5.32 Å². The Bertz CT molecular complexity index is 1030. The quantitative estimate of drug-likeness (QED) is 0.504. The molecule has 0 saturated heterocycles. The van der Waals surface area contributed by atoms with Crippen LogP contribution in [0.1, 0.15) is 27.8 Å². The molecule has 0 aliphatic carbocycles. The second-order valence-electron chi connectivity index (χ2n) is 5.91. The van der Waals surface area contributed by atoms with Gasteiger partial charge in [-0.3, -0.25) is 14.7 Å². The highest BCUT2D eigenvalue weighted by Crippen LogP contribution is 2.18. The Balaban J connectivity index is 1.62. The minimum atomic E-state index is -0.819. The summed E-state index contributed by atoms with van der Waals surface area (Å²) in [5, 5.41) is 9.00. The van der Waals surface area contributed by atoms with Crippen molar-refractivity contribution in [3.8, 4) is 11.3 Å². The third kappa shape index (κ3) is 4.47. The molecule has 2 N–H and O–H groups in total. The number of carbonyl (C=O) groups is 3. The second-order valence-corrected chi connectivity index (χ2v) is 5.91. The fourth-order valence-corrected chi connectivity index (χ4v) is 2.49. The number of hydrogen-bond donors (Lipinski definition) is 2. The molecule has 0 spiro atoms. The van der Waals surface area contributed by atoms with Crippen molar-refractivity contribution in [2.24, 2.45) is 0 Å². The molecule has 0 aliphatic rings. The zero-order valence-electron chi connectivity index (χ0n) is 14.9. The van der Waals surface area contributed by atoms with Crippen LogP contribution in [0.3, 0.4) is 0 Å². The molecule has 0 saturated carbocycles. The first kappa shape index (κ1) is 19.0. The molecule has 3 rings (SSSR count). The maximum Gasteiger partial charge on any atom is 0.356 e. The molecule has 1 amide bonds. The Morgan fingerprint density at radius 3 is 2.54 bits per heavy atom. The summed E-state index contributed by atoms with van der Waals surface area (Å²) in [6.45, 7) is 0.657. The minimum Gasteiger partial charge on any atom is -0.453 e. The Hall–Kier alpha value is -3.81. The van der Waals surface area contributed by atoms with E-state index in [2.05, 4.69) is 15.5 Å². The molecule has 0 unspecified atom stereocenters. The number of ether oxygens (including phenoxy) is 1. The Labute approximate surface area is 159 Å². The number of rotatable bonds is 6. The molecule has 1 heterocycles. The number of hydrogen-bond acceptors (Lipinski definition) is 5. The number of carbonyl (C=O) groups excluding carboxylic acids is 3. The summed E-state index contributed by atoms with van der Waals surface area (Å²) in [7, 11) is 0. The van der Waals surface area contributed by atoms with Gasteiger partial charge in [-0.05, 0) is 24.3 Å². The normalized spacial score (nSPS) is 10.4. The van der Waals surface area contributed by atoms with Crippen molar-refractivity contribution in [1.29, 1.82) is 0 Å². The molecular formula is C20H16FN3O4. The number of nitrogens with one attached hydrogen (secondary N) is 2. The third-order valence-electron chi connectivity index (χ3n) is 3.79. The van der Waals surface area contributed by atoms with Crippen LogP contribution in [0.5, 0.6) is 0 Å². The van der Waals surface area contributed by atoms with Gasteiger partial charge in [0.2, 0.25) is 11.7 Å². The fraction of sp³-hybridized carbons (Fsp3) is 0.100. The third-order valence-corrected chi connectivity index (χ3v) is 3.79. The van der Waals surface area contributed by atoms with Crippen LogP contribution in [0.15, 0.2) is 54.6 Å². The van der Waals surface area contributed by atoms with Crippen molar-refractivity contribution >= 4 is 23.3 Å². The topological polar surface area (TPSA) is 101 Å². The van der Waals surface area contributed by atoms with Crippen LogP contribution in [-0.2, 0) is 9.53 Å². The Kier molecular flexibility index (Phi) is 5.59. The highest BCUT2D eigenvalue weighted by atomic mass is 19.1. The lowest BCUT2D eigenvalue weighted by Gasteiger charge is -2.06. The van der Waals surface area contributed by atoms with Crippen LogP contribution in [0, 0.1) is 5.82 Å². The average Bonchev–Trinajstić information content (AvgIpc) is 3.16. The first-order chi connectivity index (χ1) is 13.4. The van der Waals surface area contributed by atoms with E-state index in [1.54, 1.807) is 0 Å². The number of benzene rings is 2. The number of aromatic amines is 1. The monoisotopic (exact) mass is 381 g/mol. The van der Waals surface area contributed by atoms with Crippen LogP contribution in [0.25, 0.3) is 11.3 Å². The van der Waals surface area contributed by atoms with Crippen molar-refractivity contribution in [2.75, 3.05) is 11.9 Å². The highest BCUT2D eigenvalue weighted by Gasteiger charge is 2.17. The lowest BCUT2D eigenvalue weighted by molar-refractivity contribution is -0.114. The molecule has 1 aromatic heterocycles. The summed E-state index contributed by atoms with van der Waals surface area (Å²) in [6.07, 6.45) is 0. The molecule has 3 aromatic rings. The van der Waals surface area contributed by atoms with Gasteiger partial charge >= 0.3 is 5.97 Å². The van der Waals surface area contributed by atoms with Gasteiger partial charge in [0.15, 0.2) is 6.61 Å². The molecule has 142 valence electrons. The average molecular weight is 381 g/mol. The van der Waals surface area contributed by atoms with Gasteiger partial charge in [0.05, 0.1) is 11.3 Å². The van der Waals surface area contributed by atoms with E-state index < -0.39 is 24.2 Å². The second kappa shape index (κ2) is 8.26. The van der Waals surface area contributed by atoms with E-state index in [0.29, 0.717) is 5.69 Å². The van der Waals surface area contributed by atoms with E-state index in [-0.39, 0.29) is 22.9 Å². The zero-order valence-corrected chi connectivity index (χ0v) is 14.9. The van der Waals surface area contributed by atoms with Gasteiger partial charge in [-0.2, -0.15) is 5.10 Å². The largest absolute Gasteiger partial charge is 0.453 e. The van der Waals surface area contributed by atoms with E-state index in [1.807, 2.05) is 30.3 Å². The molecule has 0 radical (unpaired) electrons. The number of amides is 1. The molecule has 0 fully saturated rings. The SMILES string of the molecule is CC(=O)Nc1ccc(C(=O)COC(=O)c2cc(-c3ccccc3)n[nH]2)c(F)c1. The van der Waals surface area contributed by atoms with E-state index >= 15 is 0 Å². The van der Waals surface area contributed by atoms with Gasteiger partial charge in [-0.15, -0.1) is 0 Å². The summed E-state index contributed by atoms with van der Waals surface area (Å²) in [5.41, 5.74) is 1.43. The van der Waals surface area contributed by atoms with Crippen molar-refractivity contribution in [2.45, 2.75) is 6.92 Å². The lowest BCUT2D eigenvalue weighted by Crippen LogP contribution is -2.16. The maximum absolute atomic E-state index is 14.1. The predicted molar refractivity (Wildman–Crippen MR) is 99.3 cm³/mol. The van der Waals surface area contributed by atoms with Crippen LogP contribution in [-0.4, -0.2) is 34.5 Å². The smallest absolute Gasteiger partial charge is 0.356 e. The fourth-order valence-electron chi connectivity index (χ4n) is 2.49. The number of ketones is 1.